The molecule has 0 spiro atoms. The van der Waals surface area contributed by atoms with Crippen LogP contribution in [0.25, 0.3) is 0 Å². The predicted octanol–water partition coefficient (Wildman–Crippen LogP) is 3.31. The van der Waals surface area contributed by atoms with E-state index in [0.717, 1.165) is 18.7 Å². The number of rotatable bonds is 3. The van der Waals surface area contributed by atoms with Crippen LogP contribution in [0.5, 0.6) is 0 Å². The number of thiocarbonyl (C=S) groups is 1. The second-order valence-corrected chi connectivity index (χ2v) is 5.21. The van der Waals surface area contributed by atoms with Gasteiger partial charge in [-0.2, -0.15) is 0 Å². The summed E-state index contributed by atoms with van der Waals surface area (Å²) in [6.07, 6.45) is 1.15. The molecule has 1 aliphatic rings. The van der Waals surface area contributed by atoms with Gasteiger partial charge in [0.15, 0.2) is 5.11 Å². The van der Waals surface area contributed by atoms with Gasteiger partial charge in [-0.25, -0.2) is 0 Å². The molecule has 0 saturated carbocycles. The van der Waals surface area contributed by atoms with Gasteiger partial charge >= 0.3 is 0 Å². The first-order valence-electron chi connectivity index (χ1n) is 6.50. The van der Waals surface area contributed by atoms with Gasteiger partial charge in [0, 0.05) is 18.2 Å². The average Bonchev–Trinajstić information content (AvgIpc) is 2.41. The van der Waals surface area contributed by atoms with Crippen molar-refractivity contribution in [2.24, 2.45) is 0 Å². The molecule has 0 amide bonds. The van der Waals surface area contributed by atoms with E-state index < -0.39 is 0 Å². The van der Waals surface area contributed by atoms with Crippen molar-refractivity contribution < 1.29 is 0 Å². The monoisotopic (exact) mass is 268 g/mol. The van der Waals surface area contributed by atoms with Crippen molar-refractivity contribution in [3.05, 3.63) is 65.7 Å². The van der Waals surface area contributed by atoms with Crippen LogP contribution in [0.3, 0.4) is 0 Å². The van der Waals surface area contributed by atoms with Crippen molar-refractivity contribution in [2.75, 3.05) is 11.9 Å². The van der Waals surface area contributed by atoms with Crippen LogP contribution >= 0.6 is 12.2 Å². The lowest BCUT2D eigenvalue weighted by Crippen LogP contribution is -2.35. The van der Waals surface area contributed by atoms with Crippen LogP contribution in [0, 0.1) is 0 Å². The predicted molar refractivity (Wildman–Crippen MR) is 83.6 cm³/mol. The van der Waals surface area contributed by atoms with Crippen LogP contribution in [-0.4, -0.2) is 11.7 Å². The number of hydrogen-bond donors (Lipinski definition) is 2. The molecule has 3 heteroatoms. The summed E-state index contributed by atoms with van der Waals surface area (Å²) < 4.78 is 0. The molecule has 2 N–H and O–H groups in total. The highest BCUT2D eigenvalue weighted by Gasteiger charge is 2.24. The van der Waals surface area contributed by atoms with Crippen LogP contribution < -0.4 is 10.6 Å². The summed E-state index contributed by atoms with van der Waals surface area (Å²) >= 11 is 5.30. The molecule has 0 aromatic heterocycles. The Morgan fingerprint density at radius 2 is 1.79 bits per heavy atom. The Bertz CT molecular complexity index is 580. The molecule has 3 rings (SSSR count). The highest BCUT2D eigenvalue weighted by molar-refractivity contribution is 7.80. The standard InChI is InChI=1S/C16H16N2S/c19-16(18-14-7-2-1-3-8-14)17-11-13-10-12-6-4-5-9-15(12)13/h1-9,13H,10-11H2,(H2,17,18,19). The highest BCUT2D eigenvalue weighted by Crippen LogP contribution is 2.33. The topological polar surface area (TPSA) is 24.1 Å². The summed E-state index contributed by atoms with van der Waals surface area (Å²) in [5, 5.41) is 7.17. The summed E-state index contributed by atoms with van der Waals surface area (Å²) in [7, 11) is 0. The Hall–Kier alpha value is -1.87. The van der Waals surface area contributed by atoms with E-state index in [-0.39, 0.29) is 0 Å². The molecule has 19 heavy (non-hydrogen) atoms. The van der Waals surface area contributed by atoms with Crippen molar-refractivity contribution >= 4 is 23.0 Å². The van der Waals surface area contributed by atoms with E-state index in [2.05, 4.69) is 34.9 Å². The van der Waals surface area contributed by atoms with Crippen molar-refractivity contribution in [3.8, 4) is 0 Å². The van der Waals surface area contributed by atoms with E-state index in [1.807, 2.05) is 30.3 Å². The molecule has 0 aliphatic heterocycles. The molecule has 2 nitrogen and oxygen atoms in total. The van der Waals surface area contributed by atoms with Crippen LogP contribution in [0.1, 0.15) is 17.0 Å². The van der Waals surface area contributed by atoms with Gasteiger partial charge < -0.3 is 10.6 Å². The first-order chi connectivity index (χ1) is 9.33. The van der Waals surface area contributed by atoms with E-state index in [0.29, 0.717) is 11.0 Å². The van der Waals surface area contributed by atoms with E-state index in [1.165, 1.54) is 11.1 Å². The fourth-order valence-corrected chi connectivity index (χ4v) is 2.66. The molecule has 2 aromatic rings. The zero-order valence-electron chi connectivity index (χ0n) is 10.6. The normalized spacial score (nSPS) is 16.1. The minimum absolute atomic E-state index is 0.590. The fraction of sp³-hybridized carbons (Fsp3) is 0.188. The maximum Gasteiger partial charge on any atom is 0.170 e. The van der Waals surface area contributed by atoms with Gasteiger partial charge in [0.25, 0.3) is 0 Å². The van der Waals surface area contributed by atoms with Gasteiger partial charge in [-0.05, 0) is 41.9 Å². The first-order valence-corrected chi connectivity index (χ1v) is 6.91. The summed E-state index contributed by atoms with van der Waals surface area (Å²) in [5.41, 5.74) is 3.95. The summed E-state index contributed by atoms with van der Waals surface area (Å²) in [6, 6.07) is 18.6. The van der Waals surface area contributed by atoms with Gasteiger partial charge in [-0.15, -0.1) is 0 Å². The second-order valence-electron chi connectivity index (χ2n) is 4.80. The molecule has 1 aliphatic carbocycles. The third kappa shape index (κ3) is 2.76. The Labute approximate surface area is 118 Å². The van der Waals surface area contributed by atoms with Crippen molar-refractivity contribution in [2.45, 2.75) is 12.3 Å². The van der Waals surface area contributed by atoms with Crippen molar-refractivity contribution in [1.29, 1.82) is 0 Å². The highest BCUT2D eigenvalue weighted by atomic mass is 32.1. The number of hydrogen-bond acceptors (Lipinski definition) is 1. The number of benzene rings is 2. The molecule has 96 valence electrons. The van der Waals surface area contributed by atoms with Crippen molar-refractivity contribution in [3.63, 3.8) is 0 Å². The van der Waals surface area contributed by atoms with Crippen LogP contribution in [0.4, 0.5) is 5.69 Å². The third-order valence-electron chi connectivity index (χ3n) is 3.50. The average molecular weight is 268 g/mol. The minimum atomic E-state index is 0.590. The maximum absolute atomic E-state index is 5.30. The van der Waals surface area contributed by atoms with Crippen molar-refractivity contribution in [1.82, 2.24) is 5.32 Å². The molecule has 0 heterocycles. The summed E-state index contributed by atoms with van der Waals surface area (Å²) in [4.78, 5) is 0. The smallest absolute Gasteiger partial charge is 0.170 e. The lowest BCUT2D eigenvalue weighted by atomic mass is 9.78. The Kier molecular flexibility index (Phi) is 3.47. The Balaban J connectivity index is 1.50. The molecular weight excluding hydrogens is 252 g/mol. The molecular formula is C16H16N2S. The molecule has 1 atom stereocenters. The van der Waals surface area contributed by atoms with Crippen LogP contribution in [-0.2, 0) is 6.42 Å². The quantitative estimate of drug-likeness (QED) is 0.835. The van der Waals surface area contributed by atoms with E-state index in [1.54, 1.807) is 0 Å². The maximum atomic E-state index is 5.30. The molecule has 1 unspecified atom stereocenters. The first kappa shape index (κ1) is 12.2. The fourth-order valence-electron chi connectivity index (χ4n) is 2.46. The molecule has 0 fully saturated rings. The Morgan fingerprint density at radius 3 is 2.58 bits per heavy atom. The van der Waals surface area contributed by atoms with Gasteiger partial charge in [-0.1, -0.05) is 42.5 Å². The second kappa shape index (κ2) is 5.41. The molecule has 0 saturated heterocycles. The van der Waals surface area contributed by atoms with E-state index in [4.69, 9.17) is 12.2 Å². The zero-order chi connectivity index (χ0) is 13.1. The summed E-state index contributed by atoms with van der Waals surface area (Å²) in [5.74, 6) is 0.590. The lowest BCUT2D eigenvalue weighted by molar-refractivity contribution is 0.592. The van der Waals surface area contributed by atoms with Gasteiger partial charge in [-0.3, -0.25) is 0 Å². The Morgan fingerprint density at radius 1 is 1.05 bits per heavy atom. The molecule has 0 radical (unpaired) electrons. The van der Waals surface area contributed by atoms with Gasteiger partial charge in [0.2, 0.25) is 0 Å². The van der Waals surface area contributed by atoms with Gasteiger partial charge in [0.1, 0.15) is 0 Å². The number of nitrogens with one attached hydrogen (secondary N) is 2. The van der Waals surface area contributed by atoms with Crippen LogP contribution in [0.2, 0.25) is 0 Å². The van der Waals surface area contributed by atoms with Crippen LogP contribution in [0.15, 0.2) is 54.6 Å². The van der Waals surface area contributed by atoms with E-state index in [9.17, 15) is 0 Å². The number of fused-ring (bicyclic) bond motifs is 1. The van der Waals surface area contributed by atoms with E-state index >= 15 is 0 Å². The minimum Gasteiger partial charge on any atom is -0.362 e. The molecule has 2 aromatic carbocycles. The lowest BCUT2D eigenvalue weighted by Gasteiger charge is -2.30. The van der Waals surface area contributed by atoms with Gasteiger partial charge in [0.05, 0.1) is 0 Å². The summed E-state index contributed by atoms with van der Waals surface area (Å²) in [6.45, 7) is 0.898. The molecule has 0 bridgehead atoms. The number of anilines is 1. The largest absolute Gasteiger partial charge is 0.362 e. The number of para-hydroxylation sites is 1. The SMILES string of the molecule is S=C(NCC1Cc2ccccc21)Nc1ccccc1. The zero-order valence-corrected chi connectivity index (χ0v) is 11.4. The third-order valence-corrected chi connectivity index (χ3v) is 3.75.